The van der Waals surface area contributed by atoms with Gasteiger partial charge in [-0.3, -0.25) is 5.14 Å². The van der Waals surface area contributed by atoms with Crippen molar-refractivity contribution in [2.75, 3.05) is 6.26 Å². The lowest BCUT2D eigenvalue weighted by molar-refractivity contribution is 1.91. The molecule has 0 saturated carbocycles. The molecule has 2 heteroatoms. The highest BCUT2D eigenvalue weighted by atomic mass is 32.3. The van der Waals surface area contributed by atoms with Gasteiger partial charge in [-0.05, 0) is 17.1 Å². The molecule has 2 N–H and O–H groups in total. The summed E-state index contributed by atoms with van der Waals surface area (Å²) < 4.78 is 0. The third-order valence-corrected chi connectivity index (χ3v) is 2.56. The highest BCUT2D eigenvalue weighted by Gasteiger charge is 2.00. The molecule has 1 rings (SSSR count). The number of rotatable bonds is 0. The molecule has 9 heavy (non-hydrogen) atoms. The molecule has 50 valence electrons. The Morgan fingerprint density at radius 3 is 1.89 bits per heavy atom. The summed E-state index contributed by atoms with van der Waals surface area (Å²) in [6.07, 6.45) is 10.0. The maximum absolute atomic E-state index is 5.85. The first kappa shape index (κ1) is 6.65. The minimum Gasteiger partial charge on any atom is -0.288 e. The lowest BCUT2D eigenvalue weighted by Crippen LogP contribution is -2.00. The van der Waals surface area contributed by atoms with Crippen molar-refractivity contribution in [3.05, 3.63) is 35.1 Å². The predicted octanol–water partition coefficient (Wildman–Crippen LogP) is 1.89. The Morgan fingerprint density at radius 1 is 1.00 bits per heavy atom. The smallest absolute Gasteiger partial charge is 0.0156 e. The van der Waals surface area contributed by atoms with Gasteiger partial charge in [0.2, 0.25) is 0 Å². The fourth-order valence-corrected chi connectivity index (χ4v) is 1.55. The van der Waals surface area contributed by atoms with Crippen molar-refractivity contribution < 1.29 is 0 Å². The Balaban J connectivity index is 2.82. The minimum atomic E-state index is -1.04. The normalized spacial score (nSPS) is 25.6. The Hall–Kier alpha value is -0.470. The third-order valence-electron chi connectivity index (χ3n) is 1.08. The predicted molar refractivity (Wildman–Crippen MR) is 45.1 cm³/mol. The molecule has 0 unspecified atom stereocenters. The van der Waals surface area contributed by atoms with Crippen LogP contribution in [0.1, 0.15) is 0 Å². The van der Waals surface area contributed by atoms with Gasteiger partial charge in [0.1, 0.15) is 0 Å². The summed E-state index contributed by atoms with van der Waals surface area (Å²) in [5, 5.41) is 9.94. The summed E-state index contributed by atoms with van der Waals surface area (Å²) in [6.45, 7) is 0. The molecule has 0 fully saturated rings. The molecule has 0 atom stereocenters. The van der Waals surface area contributed by atoms with E-state index in [4.69, 9.17) is 5.14 Å². The molecule has 0 spiro atoms. The van der Waals surface area contributed by atoms with Crippen molar-refractivity contribution in [1.29, 1.82) is 0 Å². The zero-order valence-corrected chi connectivity index (χ0v) is 6.27. The average Bonchev–Trinajstić information content (AvgIpc) is 1.92. The Kier molecular flexibility index (Phi) is 1.78. The van der Waals surface area contributed by atoms with Gasteiger partial charge in [-0.25, -0.2) is 0 Å². The highest BCUT2D eigenvalue weighted by molar-refractivity contribution is 8.36. The van der Waals surface area contributed by atoms with E-state index < -0.39 is 10.2 Å². The third kappa shape index (κ3) is 2.08. The van der Waals surface area contributed by atoms with Gasteiger partial charge in [0, 0.05) is 0 Å². The van der Waals surface area contributed by atoms with E-state index in [1.165, 1.54) is 0 Å². The van der Waals surface area contributed by atoms with Crippen LogP contribution in [0.3, 0.4) is 0 Å². The van der Waals surface area contributed by atoms with Crippen molar-refractivity contribution in [3.8, 4) is 0 Å². The highest BCUT2D eigenvalue weighted by Crippen LogP contribution is 2.38. The number of allylic oxidation sites excluding steroid dienone is 4. The molecule has 0 saturated heterocycles. The standard InChI is InChI=1S/C7H11NS/c1-9(8)6-4-2-3-5-7-9/h2-7H,8H2,1H3. The largest absolute Gasteiger partial charge is 0.288 e. The van der Waals surface area contributed by atoms with Gasteiger partial charge >= 0.3 is 0 Å². The van der Waals surface area contributed by atoms with Gasteiger partial charge in [0.05, 0.1) is 0 Å². The number of hydrogen-bond donors (Lipinski definition) is 1. The molecule has 0 bridgehead atoms. The van der Waals surface area contributed by atoms with Crippen LogP contribution in [0.4, 0.5) is 0 Å². The van der Waals surface area contributed by atoms with E-state index in [9.17, 15) is 0 Å². The summed E-state index contributed by atoms with van der Waals surface area (Å²) in [7, 11) is -1.04. The Labute approximate surface area is 57.4 Å². The van der Waals surface area contributed by atoms with Gasteiger partial charge in [-0.15, -0.1) is 0 Å². The molecular formula is C7H11NS. The van der Waals surface area contributed by atoms with Crippen molar-refractivity contribution >= 4 is 10.2 Å². The van der Waals surface area contributed by atoms with Crippen LogP contribution in [-0.4, -0.2) is 6.26 Å². The maximum Gasteiger partial charge on any atom is -0.0156 e. The molecule has 0 aromatic rings. The van der Waals surface area contributed by atoms with Crippen molar-refractivity contribution in [2.24, 2.45) is 5.14 Å². The van der Waals surface area contributed by atoms with Crippen LogP contribution in [0, 0.1) is 0 Å². The molecular weight excluding hydrogens is 130 g/mol. The maximum atomic E-state index is 5.85. The molecule has 0 aromatic heterocycles. The van der Waals surface area contributed by atoms with E-state index in [0.717, 1.165) is 0 Å². The molecule has 1 aliphatic rings. The van der Waals surface area contributed by atoms with Crippen LogP contribution in [0.15, 0.2) is 35.1 Å². The van der Waals surface area contributed by atoms with Crippen LogP contribution in [0.2, 0.25) is 0 Å². The summed E-state index contributed by atoms with van der Waals surface area (Å²) in [5.41, 5.74) is 0. The van der Waals surface area contributed by atoms with E-state index in [1.54, 1.807) is 0 Å². The number of nitrogens with two attached hydrogens (primary N) is 1. The molecule has 0 amide bonds. The van der Waals surface area contributed by atoms with Gasteiger partial charge in [0.25, 0.3) is 0 Å². The van der Waals surface area contributed by atoms with E-state index in [2.05, 4.69) is 0 Å². The Morgan fingerprint density at radius 2 is 1.44 bits per heavy atom. The van der Waals surface area contributed by atoms with Crippen LogP contribution >= 0.6 is 10.2 Å². The zero-order valence-electron chi connectivity index (χ0n) is 5.45. The first-order valence-corrected chi connectivity index (χ1v) is 5.01. The average molecular weight is 141 g/mol. The minimum absolute atomic E-state index is 1.04. The Bertz CT molecular complexity index is 159. The van der Waals surface area contributed by atoms with E-state index in [-0.39, 0.29) is 0 Å². The summed E-state index contributed by atoms with van der Waals surface area (Å²) in [5.74, 6) is 0. The van der Waals surface area contributed by atoms with E-state index in [0.29, 0.717) is 0 Å². The lowest BCUT2D eigenvalue weighted by atomic mass is 10.5. The molecule has 1 nitrogen and oxygen atoms in total. The second-order valence-electron chi connectivity index (χ2n) is 2.16. The van der Waals surface area contributed by atoms with Gasteiger partial charge < -0.3 is 0 Å². The monoisotopic (exact) mass is 141 g/mol. The van der Waals surface area contributed by atoms with Crippen molar-refractivity contribution in [2.45, 2.75) is 0 Å². The van der Waals surface area contributed by atoms with Crippen molar-refractivity contribution in [3.63, 3.8) is 0 Å². The SMILES string of the molecule is CS1(N)C=CC=CC=C1. The molecule has 1 heterocycles. The quantitative estimate of drug-likeness (QED) is 0.547. The van der Waals surface area contributed by atoms with Gasteiger partial charge in [0.15, 0.2) is 0 Å². The molecule has 0 aliphatic carbocycles. The van der Waals surface area contributed by atoms with Gasteiger partial charge in [-0.1, -0.05) is 24.3 Å². The van der Waals surface area contributed by atoms with Crippen LogP contribution in [0.5, 0.6) is 0 Å². The molecule has 0 aromatic carbocycles. The van der Waals surface area contributed by atoms with Gasteiger partial charge in [-0.2, -0.15) is 10.2 Å². The summed E-state index contributed by atoms with van der Waals surface area (Å²) in [4.78, 5) is 0. The number of hydrogen-bond acceptors (Lipinski definition) is 1. The van der Waals surface area contributed by atoms with Crippen molar-refractivity contribution in [1.82, 2.24) is 0 Å². The second kappa shape index (κ2) is 2.42. The first-order chi connectivity index (χ1) is 4.21. The van der Waals surface area contributed by atoms with Crippen LogP contribution < -0.4 is 5.14 Å². The summed E-state index contributed by atoms with van der Waals surface area (Å²) in [6, 6.07) is 0. The second-order valence-corrected chi connectivity index (χ2v) is 4.93. The van der Waals surface area contributed by atoms with E-state index in [1.807, 2.05) is 41.4 Å². The van der Waals surface area contributed by atoms with Crippen LogP contribution in [0.25, 0.3) is 0 Å². The fourth-order valence-electron chi connectivity index (χ4n) is 0.603. The van der Waals surface area contributed by atoms with E-state index >= 15 is 0 Å². The lowest BCUT2D eigenvalue weighted by Gasteiger charge is -2.20. The fraction of sp³-hybridized carbons (Fsp3) is 0.143. The van der Waals surface area contributed by atoms with Crippen LogP contribution in [-0.2, 0) is 0 Å². The molecule has 0 radical (unpaired) electrons. The topological polar surface area (TPSA) is 26.0 Å². The zero-order chi connectivity index (χ0) is 6.74. The molecule has 1 aliphatic heterocycles. The first-order valence-electron chi connectivity index (χ1n) is 2.78. The summed E-state index contributed by atoms with van der Waals surface area (Å²) >= 11 is 0.